The molecule has 1 saturated carbocycles. The minimum absolute atomic E-state index is 0.147. The highest BCUT2D eigenvalue weighted by molar-refractivity contribution is 5.76. The average molecular weight is 268 g/mol. The number of carbonyl (C=O) groups excluding carboxylic acids is 1. The van der Waals surface area contributed by atoms with Crippen molar-refractivity contribution in [2.24, 2.45) is 5.92 Å². The first-order chi connectivity index (χ1) is 9.25. The van der Waals surface area contributed by atoms with E-state index in [1.807, 2.05) is 0 Å². The lowest BCUT2D eigenvalue weighted by Gasteiger charge is -2.23. The molecule has 2 aliphatic rings. The van der Waals surface area contributed by atoms with E-state index < -0.39 is 0 Å². The summed E-state index contributed by atoms with van der Waals surface area (Å²) < 4.78 is 5.76. The molecule has 1 saturated heterocycles. The number of ether oxygens (including phenoxy) is 1. The first-order valence-electron chi connectivity index (χ1n) is 7.87. The van der Waals surface area contributed by atoms with Gasteiger partial charge in [-0.2, -0.15) is 0 Å². The zero-order valence-corrected chi connectivity index (χ0v) is 12.1. The van der Waals surface area contributed by atoms with Gasteiger partial charge in [0.2, 0.25) is 5.91 Å². The molecule has 1 atom stereocenters. The van der Waals surface area contributed by atoms with E-state index in [1.165, 1.54) is 25.7 Å². The van der Waals surface area contributed by atoms with Crippen molar-refractivity contribution in [2.75, 3.05) is 19.7 Å². The molecule has 4 nitrogen and oxygen atoms in total. The van der Waals surface area contributed by atoms with Crippen molar-refractivity contribution in [3.8, 4) is 0 Å². The van der Waals surface area contributed by atoms with Gasteiger partial charge in [-0.25, -0.2) is 0 Å². The van der Waals surface area contributed by atoms with E-state index in [9.17, 15) is 4.79 Å². The minimum atomic E-state index is 0.147. The normalized spacial score (nSPS) is 23.4. The van der Waals surface area contributed by atoms with Gasteiger partial charge in [0.1, 0.15) is 0 Å². The van der Waals surface area contributed by atoms with Crippen LogP contribution in [0, 0.1) is 5.92 Å². The second kappa shape index (κ2) is 7.85. The SMILES string of the molecule is C[C@H](NC(=O)CCOC1CCNCC1)C1CCCC1. The van der Waals surface area contributed by atoms with Gasteiger partial charge < -0.3 is 15.4 Å². The molecule has 19 heavy (non-hydrogen) atoms. The first-order valence-corrected chi connectivity index (χ1v) is 7.87. The number of carbonyl (C=O) groups is 1. The smallest absolute Gasteiger partial charge is 0.222 e. The molecule has 0 spiro atoms. The molecule has 0 bridgehead atoms. The lowest BCUT2D eigenvalue weighted by atomic mass is 10.00. The van der Waals surface area contributed by atoms with Gasteiger partial charge in [0.25, 0.3) is 0 Å². The molecule has 110 valence electrons. The lowest BCUT2D eigenvalue weighted by Crippen LogP contribution is -2.38. The van der Waals surface area contributed by atoms with Gasteiger partial charge in [-0.3, -0.25) is 4.79 Å². The fourth-order valence-electron chi connectivity index (χ4n) is 3.18. The van der Waals surface area contributed by atoms with E-state index in [0.717, 1.165) is 25.9 Å². The number of piperidine rings is 1. The van der Waals surface area contributed by atoms with E-state index in [0.29, 0.717) is 31.1 Å². The Labute approximate surface area is 116 Å². The number of rotatable bonds is 6. The van der Waals surface area contributed by atoms with Crippen LogP contribution in [0.25, 0.3) is 0 Å². The Kier molecular flexibility index (Phi) is 6.11. The Hall–Kier alpha value is -0.610. The fraction of sp³-hybridized carbons (Fsp3) is 0.933. The number of amides is 1. The highest BCUT2D eigenvalue weighted by Crippen LogP contribution is 2.27. The molecule has 2 N–H and O–H groups in total. The Morgan fingerprint density at radius 2 is 1.95 bits per heavy atom. The van der Waals surface area contributed by atoms with Gasteiger partial charge >= 0.3 is 0 Å². The van der Waals surface area contributed by atoms with Crippen LogP contribution in [0.2, 0.25) is 0 Å². The number of nitrogens with one attached hydrogen (secondary N) is 2. The van der Waals surface area contributed by atoms with Crippen LogP contribution < -0.4 is 10.6 Å². The average Bonchev–Trinajstić information content (AvgIpc) is 2.94. The Balaban J connectivity index is 1.56. The monoisotopic (exact) mass is 268 g/mol. The maximum absolute atomic E-state index is 11.8. The second-order valence-electron chi connectivity index (χ2n) is 5.97. The first kappa shape index (κ1) is 14.8. The Morgan fingerprint density at radius 3 is 2.63 bits per heavy atom. The zero-order valence-electron chi connectivity index (χ0n) is 12.1. The van der Waals surface area contributed by atoms with Crippen molar-refractivity contribution in [3.63, 3.8) is 0 Å². The van der Waals surface area contributed by atoms with Crippen molar-refractivity contribution >= 4 is 5.91 Å². The highest BCUT2D eigenvalue weighted by atomic mass is 16.5. The zero-order chi connectivity index (χ0) is 13.5. The fourth-order valence-corrected chi connectivity index (χ4v) is 3.18. The molecule has 2 fully saturated rings. The molecule has 1 aliphatic heterocycles. The van der Waals surface area contributed by atoms with Gasteiger partial charge in [-0.15, -0.1) is 0 Å². The van der Waals surface area contributed by atoms with Crippen LogP contribution in [-0.2, 0) is 9.53 Å². The summed E-state index contributed by atoms with van der Waals surface area (Å²) in [5, 5.41) is 6.44. The molecular weight excluding hydrogens is 240 g/mol. The van der Waals surface area contributed by atoms with E-state index in [1.54, 1.807) is 0 Å². The van der Waals surface area contributed by atoms with Crippen molar-refractivity contribution < 1.29 is 9.53 Å². The van der Waals surface area contributed by atoms with Crippen LogP contribution in [-0.4, -0.2) is 37.7 Å². The van der Waals surface area contributed by atoms with Crippen LogP contribution in [0.15, 0.2) is 0 Å². The maximum atomic E-state index is 11.8. The maximum Gasteiger partial charge on any atom is 0.222 e. The van der Waals surface area contributed by atoms with Gasteiger partial charge in [-0.05, 0) is 51.6 Å². The third kappa shape index (κ3) is 5.11. The third-order valence-corrected chi connectivity index (χ3v) is 4.46. The topological polar surface area (TPSA) is 50.4 Å². The number of hydrogen-bond donors (Lipinski definition) is 2. The van der Waals surface area contributed by atoms with E-state index in [2.05, 4.69) is 17.6 Å². The predicted octanol–water partition coefficient (Wildman–Crippen LogP) is 1.84. The summed E-state index contributed by atoms with van der Waals surface area (Å²) in [4.78, 5) is 11.8. The number of hydrogen-bond acceptors (Lipinski definition) is 3. The van der Waals surface area contributed by atoms with Crippen molar-refractivity contribution in [2.45, 2.75) is 64.0 Å². The van der Waals surface area contributed by atoms with Gasteiger partial charge in [0.05, 0.1) is 12.7 Å². The van der Waals surface area contributed by atoms with Crippen molar-refractivity contribution in [1.82, 2.24) is 10.6 Å². The Morgan fingerprint density at radius 1 is 1.26 bits per heavy atom. The van der Waals surface area contributed by atoms with Gasteiger partial charge in [-0.1, -0.05) is 12.8 Å². The molecule has 0 radical (unpaired) electrons. The highest BCUT2D eigenvalue weighted by Gasteiger charge is 2.22. The van der Waals surface area contributed by atoms with E-state index in [4.69, 9.17) is 4.74 Å². The summed E-state index contributed by atoms with van der Waals surface area (Å²) in [7, 11) is 0. The van der Waals surface area contributed by atoms with Crippen molar-refractivity contribution in [1.29, 1.82) is 0 Å². The third-order valence-electron chi connectivity index (χ3n) is 4.46. The standard InChI is InChI=1S/C15H28N2O2/c1-12(13-4-2-3-5-13)17-15(18)8-11-19-14-6-9-16-10-7-14/h12-14,16H,2-11H2,1H3,(H,17,18)/t12-/m0/s1. The van der Waals surface area contributed by atoms with Gasteiger partial charge in [0, 0.05) is 12.5 Å². The Bertz CT molecular complexity index is 271. The second-order valence-corrected chi connectivity index (χ2v) is 5.97. The molecular formula is C15H28N2O2. The van der Waals surface area contributed by atoms with Crippen LogP contribution >= 0.6 is 0 Å². The molecule has 0 unspecified atom stereocenters. The molecule has 0 aromatic heterocycles. The minimum Gasteiger partial charge on any atom is -0.378 e. The van der Waals surface area contributed by atoms with Crippen LogP contribution in [0.4, 0.5) is 0 Å². The molecule has 0 aromatic carbocycles. The summed E-state index contributed by atoms with van der Waals surface area (Å²) in [5.74, 6) is 0.836. The quantitative estimate of drug-likeness (QED) is 0.773. The predicted molar refractivity (Wildman–Crippen MR) is 76.0 cm³/mol. The largest absolute Gasteiger partial charge is 0.378 e. The summed E-state index contributed by atoms with van der Waals surface area (Å²) in [6, 6.07) is 0.328. The molecule has 1 aliphatic carbocycles. The van der Waals surface area contributed by atoms with E-state index in [-0.39, 0.29) is 5.91 Å². The molecule has 4 heteroatoms. The van der Waals surface area contributed by atoms with Crippen LogP contribution in [0.3, 0.4) is 0 Å². The summed E-state index contributed by atoms with van der Waals surface area (Å²) in [6.45, 7) is 4.78. The van der Waals surface area contributed by atoms with E-state index >= 15 is 0 Å². The molecule has 0 aromatic rings. The van der Waals surface area contributed by atoms with Crippen molar-refractivity contribution in [3.05, 3.63) is 0 Å². The van der Waals surface area contributed by atoms with Crippen LogP contribution in [0.1, 0.15) is 51.9 Å². The lowest BCUT2D eigenvalue weighted by molar-refractivity contribution is -0.123. The van der Waals surface area contributed by atoms with Gasteiger partial charge in [0.15, 0.2) is 0 Å². The summed E-state index contributed by atoms with van der Waals surface area (Å²) in [6.07, 6.45) is 8.18. The molecule has 2 rings (SSSR count). The molecule has 1 amide bonds. The summed E-state index contributed by atoms with van der Waals surface area (Å²) in [5.41, 5.74) is 0. The summed E-state index contributed by atoms with van der Waals surface area (Å²) >= 11 is 0. The van der Waals surface area contributed by atoms with Crippen LogP contribution in [0.5, 0.6) is 0 Å². The molecule has 1 heterocycles.